The monoisotopic (exact) mass is 244 g/mol. The first-order chi connectivity index (χ1) is 8.72. The van der Waals surface area contributed by atoms with Gasteiger partial charge in [0.2, 0.25) is 0 Å². The van der Waals surface area contributed by atoms with Crippen molar-refractivity contribution < 1.29 is 5.11 Å². The summed E-state index contributed by atoms with van der Waals surface area (Å²) < 4.78 is 1.71. The number of aryl methyl sites for hydroxylation is 2. The predicted octanol–water partition coefficient (Wildman–Crippen LogP) is 1.57. The van der Waals surface area contributed by atoms with Crippen molar-refractivity contribution in [2.24, 2.45) is 0 Å². The van der Waals surface area contributed by atoms with Gasteiger partial charge in [-0.25, -0.2) is 9.97 Å². The van der Waals surface area contributed by atoms with Crippen molar-refractivity contribution in [1.29, 1.82) is 0 Å². The van der Waals surface area contributed by atoms with Gasteiger partial charge < -0.3 is 10.8 Å². The molecule has 1 aliphatic rings. The molecule has 0 aromatic carbocycles. The molecule has 3 N–H and O–H groups in total. The first kappa shape index (κ1) is 11.2. The standard InChI is InChI=1S/C13H16N4O/c1-2-10(18)17-7-15-11-12(17)8-5-3-4-6-9(8)16-13(11)14/h2,7,10,18H,1,3-6H2,(H2,14,16). The van der Waals surface area contributed by atoms with E-state index in [2.05, 4.69) is 16.5 Å². The lowest BCUT2D eigenvalue weighted by Crippen LogP contribution is -2.12. The van der Waals surface area contributed by atoms with Crippen LogP contribution in [0.5, 0.6) is 0 Å². The molecule has 0 amide bonds. The van der Waals surface area contributed by atoms with Gasteiger partial charge in [0.1, 0.15) is 5.52 Å². The van der Waals surface area contributed by atoms with Gasteiger partial charge in [-0.2, -0.15) is 0 Å². The molecule has 2 aromatic rings. The Morgan fingerprint density at radius 3 is 3.00 bits per heavy atom. The molecule has 1 atom stereocenters. The van der Waals surface area contributed by atoms with Crippen LogP contribution in [0.25, 0.3) is 11.0 Å². The number of nitrogens with two attached hydrogens (primary N) is 1. The van der Waals surface area contributed by atoms with Gasteiger partial charge in [0, 0.05) is 5.69 Å². The Bertz CT molecular complexity index is 617. The van der Waals surface area contributed by atoms with Crippen LogP contribution >= 0.6 is 0 Å². The molecule has 0 saturated heterocycles. The van der Waals surface area contributed by atoms with Crippen molar-refractivity contribution in [2.75, 3.05) is 5.73 Å². The van der Waals surface area contributed by atoms with Crippen LogP contribution in [0, 0.1) is 0 Å². The van der Waals surface area contributed by atoms with E-state index in [-0.39, 0.29) is 0 Å². The number of nitrogens with zero attached hydrogens (tertiary/aromatic N) is 3. The summed E-state index contributed by atoms with van der Waals surface area (Å²) in [6, 6.07) is 0. The topological polar surface area (TPSA) is 77.0 Å². The minimum absolute atomic E-state index is 0.445. The second-order valence-corrected chi connectivity index (χ2v) is 4.63. The highest BCUT2D eigenvalue weighted by molar-refractivity contribution is 5.88. The van der Waals surface area contributed by atoms with E-state index < -0.39 is 6.23 Å². The van der Waals surface area contributed by atoms with Crippen LogP contribution in [0.4, 0.5) is 5.82 Å². The molecule has 0 saturated carbocycles. The van der Waals surface area contributed by atoms with E-state index in [0.717, 1.165) is 36.9 Å². The highest BCUT2D eigenvalue weighted by atomic mass is 16.3. The molecule has 0 fully saturated rings. The maximum Gasteiger partial charge on any atom is 0.151 e. The molecule has 5 heteroatoms. The molecule has 0 bridgehead atoms. The average Bonchev–Trinajstić information content (AvgIpc) is 2.83. The van der Waals surface area contributed by atoms with Crippen molar-refractivity contribution in [3.63, 3.8) is 0 Å². The van der Waals surface area contributed by atoms with Crippen LogP contribution in [0.2, 0.25) is 0 Å². The number of anilines is 1. The van der Waals surface area contributed by atoms with E-state index >= 15 is 0 Å². The molecule has 18 heavy (non-hydrogen) atoms. The molecule has 1 aliphatic carbocycles. The van der Waals surface area contributed by atoms with Crippen molar-refractivity contribution in [3.05, 3.63) is 30.2 Å². The number of rotatable bonds is 2. The van der Waals surface area contributed by atoms with Gasteiger partial charge in [0.25, 0.3) is 0 Å². The Balaban J connectivity index is 2.34. The fraction of sp³-hybridized carbons (Fsp3) is 0.385. The van der Waals surface area contributed by atoms with E-state index in [1.165, 1.54) is 11.6 Å². The van der Waals surface area contributed by atoms with Crippen molar-refractivity contribution in [2.45, 2.75) is 31.9 Å². The summed E-state index contributed by atoms with van der Waals surface area (Å²) in [5.74, 6) is 0.445. The summed E-state index contributed by atoms with van der Waals surface area (Å²) in [5.41, 5.74) is 9.74. The summed E-state index contributed by atoms with van der Waals surface area (Å²) in [7, 11) is 0. The largest absolute Gasteiger partial charge is 0.382 e. The van der Waals surface area contributed by atoms with Gasteiger partial charge in [-0.05, 0) is 37.3 Å². The molecule has 2 aromatic heterocycles. The number of fused-ring (bicyclic) bond motifs is 3. The number of imidazole rings is 1. The molecule has 1 unspecified atom stereocenters. The smallest absolute Gasteiger partial charge is 0.151 e. The Morgan fingerprint density at radius 2 is 2.22 bits per heavy atom. The van der Waals surface area contributed by atoms with Gasteiger partial charge in [-0.15, -0.1) is 0 Å². The molecule has 0 radical (unpaired) electrons. The lowest BCUT2D eigenvalue weighted by Gasteiger charge is -2.18. The Hall–Kier alpha value is -1.88. The quantitative estimate of drug-likeness (QED) is 0.786. The van der Waals surface area contributed by atoms with E-state index in [9.17, 15) is 5.11 Å². The number of nitrogen functional groups attached to an aromatic ring is 1. The van der Waals surface area contributed by atoms with Gasteiger partial charge in [-0.1, -0.05) is 6.58 Å². The highest BCUT2D eigenvalue weighted by Gasteiger charge is 2.21. The van der Waals surface area contributed by atoms with E-state index in [1.807, 2.05) is 0 Å². The lowest BCUT2D eigenvalue weighted by molar-refractivity contribution is 0.159. The number of pyridine rings is 1. The third-order valence-electron chi connectivity index (χ3n) is 3.51. The van der Waals surface area contributed by atoms with E-state index in [1.54, 1.807) is 10.9 Å². The Labute approximate surface area is 105 Å². The number of aliphatic hydroxyl groups is 1. The van der Waals surface area contributed by atoms with Gasteiger partial charge in [0.05, 0.1) is 11.8 Å². The summed E-state index contributed by atoms with van der Waals surface area (Å²) >= 11 is 0. The second-order valence-electron chi connectivity index (χ2n) is 4.63. The molecule has 94 valence electrons. The number of aliphatic hydroxyl groups excluding tert-OH is 1. The van der Waals surface area contributed by atoms with Crippen molar-refractivity contribution in [1.82, 2.24) is 14.5 Å². The van der Waals surface area contributed by atoms with Gasteiger partial charge in [-0.3, -0.25) is 4.57 Å². The SMILES string of the molecule is C=CC(O)n1cnc2c(N)nc3c(c21)CCCC3. The Kier molecular flexibility index (Phi) is 2.56. The molecule has 2 heterocycles. The van der Waals surface area contributed by atoms with Crippen LogP contribution in [0.15, 0.2) is 19.0 Å². The molecule has 5 nitrogen and oxygen atoms in total. The average molecular weight is 244 g/mol. The minimum Gasteiger partial charge on any atom is -0.382 e. The fourth-order valence-electron chi connectivity index (χ4n) is 2.63. The number of hydrogen-bond donors (Lipinski definition) is 2. The molecular weight excluding hydrogens is 228 g/mol. The zero-order chi connectivity index (χ0) is 12.7. The van der Waals surface area contributed by atoms with Crippen LogP contribution in [-0.4, -0.2) is 19.6 Å². The summed E-state index contributed by atoms with van der Waals surface area (Å²) in [4.78, 5) is 8.70. The molecule has 0 aliphatic heterocycles. The molecule has 0 spiro atoms. The van der Waals surface area contributed by atoms with Crippen LogP contribution in [0.1, 0.15) is 30.3 Å². The number of hydrogen-bond acceptors (Lipinski definition) is 4. The molecule has 3 rings (SSSR count). The molecular formula is C13H16N4O. The maximum atomic E-state index is 9.95. The van der Waals surface area contributed by atoms with Crippen LogP contribution in [-0.2, 0) is 12.8 Å². The highest BCUT2D eigenvalue weighted by Crippen LogP contribution is 2.31. The first-order valence-corrected chi connectivity index (χ1v) is 6.16. The second kappa shape index (κ2) is 4.10. The normalized spacial score (nSPS) is 16.5. The maximum absolute atomic E-state index is 9.95. The minimum atomic E-state index is -0.775. The summed E-state index contributed by atoms with van der Waals surface area (Å²) in [6.07, 6.45) is 6.51. The van der Waals surface area contributed by atoms with Crippen LogP contribution < -0.4 is 5.73 Å². The van der Waals surface area contributed by atoms with Crippen molar-refractivity contribution >= 4 is 16.9 Å². The first-order valence-electron chi connectivity index (χ1n) is 6.16. The third-order valence-corrected chi connectivity index (χ3v) is 3.51. The van der Waals surface area contributed by atoms with E-state index in [0.29, 0.717) is 11.3 Å². The van der Waals surface area contributed by atoms with Crippen molar-refractivity contribution in [3.8, 4) is 0 Å². The Morgan fingerprint density at radius 1 is 1.44 bits per heavy atom. The lowest BCUT2D eigenvalue weighted by atomic mass is 9.95. The van der Waals surface area contributed by atoms with E-state index in [4.69, 9.17) is 5.73 Å². The summed E-state index contributed by atoms with van der Waals surface area (Å²) in [6.45, 7) is 3.61. The van der Waals surface area contributed by atoms with Crippen LogP contribution in [0.3, 0.4) is 0 Å². The zero-order valence-electron chi connectivity index (χ0n) is 10.1. The van der Waals surface area contributed by atoms with Gasteiger partial charge >= 0.3 is 0 Å². The zero-order valence-corrected chi connectivity index (χ0v) is 10.1. The predicted molar refractivity (Wildman–Crippen MR) is 70.0 cm³/mol. The fourth-order valence-corrected chi connectivity index (χ4v) is 2.63. The third kappa shape index (κ3) is 1.51. The summed E-state index contributed by atoms with van der Waals surface area (Å²) in [5, 5.41) is 9.95. The number of aromatic nitrogens is 3. The van der Waals surface area contributed by atoms with Gasteiger partial charge in [0.15, 0.2) is 12.0 Å².